The van der Waals surface area contributed by atoms with E-state index in [4.69, 9.17) is 40.1 Å². The van der Waals surface area contributed by atoms with Crippen molar-refractivity contribution in [3.05, 3.63) is 0 Å². The summed E-state index contributed by atoms with van der Waals surface area (Å²) in [5.74, 6) is 0. The first-order valence-corrected chi connectivity index (χ1v) is 25.1. The zero-order valence-corrected chi connectivity index (χ0v) is 31.0. The van der Waals surface area contributed by atoms with Gasteiger partial charge in [-0.3, -0.25) is 0 Å². The van der Waals surface area contributed by atoms with E-state index in [-0.39, 0.29) is 0 Å². The van der Waals surface area contributed by atoms with Gasteiger partial charge in [0.25, 0.3) is 0 Å². The Balaban J connectivity index is 5.94. The van der Waals surface area contributed by atoms with Crippen LogP contribution in [0.25, 0.3) is 0 Å². The molecule has 9 nitrogen and oxygen atoms in total. The number of unbranched alkanes of at least 4 members (excludes halogenated alkanes) is 4. The van der Waals surface area contributed by atoms with Crippen molar-refractivity contribution in [2.45, 2.75) is 105 Å². The largest absolute Gasteiger partial charge is 0.413 e. The first-order chi connectivity index (χ1) is 18.5. The fourth-order valence-corrected chi connectivity index (χ4v) is 20.2. The summed E-state index contributed by atoms with van der Waals surface area (Å²) in [5.41, 5.74) is 0. The highest BCUT2D eigenvalue weighted by Gasteiger charge is 2.52. The molecule has 0 amide bonds. The smallest absolute Gasteiger partial charge is 0.352 e. The van der Waals surface area contributed by atoms with E-state index in [9.17, 15) is 0 Å². The molecular formula is C26H62O9Si4. The summed E-state index contributed by atoms with van der Waals surface area (Å²) in [6, 6.07) is 0. The van der Waals surface area contributed by atoms with Crippen molar-refractivity contribution in [2.24, 2.45) is 0 Å². The summed E-state index contributed by atoms with van der Waals surface area (Å²) in [4.78, 5) is 0. The van der Waals surface area contributed by atoms with Gasteiger partial charge >= 0.3 is 34.2 Å². The van der Waals surface area contributed by atoms with Crippen LogP contribution in [0.4, 0.5) is 0 Å². The molecule has 4 atom stereocenters. The number of rotatable bonds is 28. The van der Waals surface area contributed by atoms with E-state index < -0.39 is 34.2 Å². The van der Waals surface area contributed by atoms with Gasteiger partial charge in [-0.05, 0) is 51.9 Å². The van der Waals surface area contributed by atoms with Crippen LogP contribution in [-0.2, 0) is 40.1 Å². The zero-order chi connectivity index (χ0) is 29.7. The Morgan fingerprint density at radius 3 is 0.846 bits per heavy atom. The lowest BCUT2D eigenvalue weighted by Crippen LogP contribution is -2.65. The standard InChI is InChI=1S/C26H62O9Si4/c1-11-15-19-29-23-36(7,27-5)33-38(9,25-31-21-17-13-3)35-39(10,26-32-22-18-14-4)34-37(8,28-6)24-30-20-16-12-2/h11-26H2,1-10H3. The fourth-order valence-electron chi connectivity index (χ4n) is 3.81. The predicted molar refractivity (Wildman–Crippen MR) is 167 cm³/mol. The molecule has 0 aliphatic heterocycles. The monoisotopic (exact) mass is 630 g/mol. The Bertz CT molecular complexity index is 550. The first-order valence-electron chi connectivity index (χ1n) is 15.0. The second-order valence-electron chi connectivity index (χ2n) is 10.9. The lowest BCUT2D eigenvalue weighted by atomic mass is 10.4. The first kappa shape index (κ1) is 39.5. The van der Waals surface area contributed by atoms with Gasteiger partial charge < -0.3 is 40.1 Å². The molecule has 0 aromatic heterocycles. The van der Waals surface area contributed by atoms with Gasteiger partial charge in [-0.15, -0.1) is 0 Å². The minimum Gasteiger partial charge on any atom is -0.413 e. The summed E-state index contributed by atoms with van der Waals surface area (Å²) >= 11 is 0. The molecule has 0 saturated carbocycles. The molecule has 0 aromatic rings. The molecule has 0 aliphatic rings. The van der Waals surface area contributed by atoms with Gasteiger partial charge in [0.15, 0.2) is 0 Å². The quantitative estimate of drug-likeness (QED) is 0.0759. The van der Waals surface area contributed by atoms with Crippen molar-refractivity contribution in [2.75, 3.05) is 65.6 Å². The third-order valence-corrected chi connectivity index (χ3v) is 21.2. The summed E-state index contributed by atoms with van der Waals surface area (Å²) in [5, 5.41) is 0. The van der Waals surface area contributed by atoms with Gasteiger partial charge in [0, 0.05) is 40.6 Å². The minimum absolute atomic E-state index is 0.382. The number of ether oxygens (including phenoxy) is 4. The Morgan fingerprint density at radius 2 is 0.615 bits per heavy atom. The normalized spacial score (nSPS) is 18.3. The molecule has 0 radical (unpaired) electrons. The predicted octanol–water partition coefficient (Wildman–Crippen LogP) is 6.04. The second-order valence-corrected chi connectivity index (χ2v) is 24.4. The molecule has 236 valence electrons. The number of hydrogen-bond donors (Lipinski definition) is 0. The Morgan fingerprint density at radius 1 is 0.385 bits per heavy atom. The third-order valence-electron chi connectivity index (χ3n) is 6.18. The molecule has 0 rings (SSSR count). The van der Waals surface area contributed by atoms with E-state index in [2.05, 4.69) is 40.8 Å². The molecule has 13 heteroatoms. The van der Waals surface area contributed by atoms with Crippen molar-refractivity contribution in [3.63, 3.8) is 0 Å². The highest BCUT2D eigenvalue weighted by atomic mass is 28.5. The molecule has 0 spiro atoms. The van der Waals surface area contributed by atoms with Gasteiger partial charge in [0.2, 0.25) is 0 Å². The van der Waals surface area contributed by atoms with Crippen LogP contribution in [0.15, 0.2) is 0 Å². The van der Waals surface area contributed by atoms with Crippen molar-refractivity contribution in [3.8, 4) is 0 Å². The highest BCUT2D eigenvalue weighted by molar-refractivity contribution is 6.88. The van der Waals surface area contributed by atoms with E-state index in [0.717, 1.165) is 51.4 Å². The molecule has 0 heterocycles. The summed E-state index contributed by atoms with van der Waals surface area (Å²) < 4.78 is 56.8. The van der Waals surface area contributed by atoms with Crippen LogP contribution >= 0.6 is 0 Å². The van der Waals surface area contributed by atoms with Crippen molar-refractivity contribution < 1.29 is 40.1 Å². The van der Waals surface area contributed by atoms with Crippen LogP contribution in [0.3, 0.4) is 0 Å². The highest BCUT2D eigenvalue weighted by Crippen LogP contribution is 2.26. The summed E-state index contributed by atoms with van der Waals surface area (Å²) in [7, 11) is -7.94. The van der Waals surface area contributed by atoms with Gasteiger partial charge in [-0.1, -0.05) is 53.4 Å². The maximum absolute atomic E-state index is 7.02. The van der Waals surface area contributed by atoms with Crippen LogP contribution < -0.4 is 0 Å². The molecule has 0 aliphatic carbocycles. The average molecular weight is 631 g/mol. The lowest BCUT2D eigenvalue weighted by molar-refractivity contribution is 0.0994. The van der Waals surface area contributed by atoms with E-state index in [0.29, 0.717) is 51.3 Å². The Kier molecular flexibility index (Phi) is 22.4. The molecule has 0 bridgehead atoms. The molecule has 4 unspecified atom stereocenters. The van der Waals surface area contributed by atoms with Crippen LogP contribution in [0.5, 0.6) is 0 Å². The van der Waals surface area contributed by atoms with E-state index >= 15 is 0 Å². The lowest BCUT2D eigenvalue weighted by Gasteiger charge is -2.43. The second kappa shape index (κ2) is 22.1. The molecular weight excluding hydrogens is 569 g/mol. The van der Waals surface area contributed by atoms with Gasteiger partial charge in [0.1, 0.15) is 0 Å². The topological polar surface area (TPSA) is 83.1 Å². The Labute approximate surface area is 244 Å². The average Bonchev–Trinajstić information content (AvgIpc) is 2.89. The zero-order valence-electron chi connectivity index (χ0n) is 27.0. The summed E-state index contributed by atoms with van der Waals surface area (Å²) in [6.45, 7) is 19.5. The SMILES string of the molecule is CCCCOC[Si](C)(OC)O[Si](C)(COCCCC)O[Si](C)(COCCCC)O[Si](C)(COCCCC)OC. The maximum atomic E-state index is 7.02. The minimum atomic E-state index is -2.97. The molecule has 0 fully saturated rings. The van der Waals surface area contributed by atoms with Crippen LogP contribution in [0, 0.1) is 0 Å². The molecule has 0 aromatic carbocycles. The van der Waals surface area contributed by atoms with Crippen molar-refractivity contribution >= 4 is 34.2 Å². The maximum Gasteiger partial charge on any atom is 0.352 e. The summed E-state index contributed by atoms with van der Waals surface area (Å²) in [6.07, 6.45) is 9.91. The third kappa shape index (κ3) is 18.6. The van der Waals surface area contributed by atoms with E-state index in [1.165, 1.54) is 0 Å². The van der Waals surface area contributed by atoms with Gasteiger partial charge in [0.05, 0.1) is 24.9 Å². The van der Waals surface area contributed by atoms with E-state index in [1.807, 2.05) is 13.1 Å². The van der Waals surface area contributed by atoms with Crippen molar-refractivity contribution in [1.82, 2.24) is 0 Å². The van der Waals surface area contributed by atoms with Gasteiger partial charge in [-0.25, -0.2) is 0 Å². The van der Waals surface area contributed by atoms with Gasteiger partial charge in [-0.2, -0.15) is 0 Å². The fraction of sp³-hybridized carbons (Fsp3) is 1.00. The van der Waals surface area contributed by atoms with Crippen LogP contribution in [-0.4, -0.2) is 99.8 Å². The van der Waals surface area contributed by atoms with Crippen LogP contribution in [0.2, 0.25) is 26.2 Å². The molecule has 0 N–H and O–H groups in total. The van der Waals surface area contributed by atoms with Crippen molar-refractivity contribution in [1.29, 1.82) is 0 Å². The van der Waals surface area contributed by atoms with Crippen LogP contribution in [0.1, 0.15) is 79.1 Å². The molecule has 39 heavy (non-hydrogen) atoms. The Hall–Kier alpha value is 0.508. The van der Waals surface area contributed by atoms with E-state index in [1.54, 1.807) is 14.2 Å². The molecule has 0 saturated heterocycles. The number of hydrogen-bond acceptors (Lipinski definition) is 9.